The van der Waals surface area contributed by atoms with E-state index in [1.807, 2.05) is 0 Å². The smallest absolute Gasteiger partial charge is 0.338 e. The van der Waals surface area contributed by atoms with Crippen molar-refractivity contribution < 1.29 is 33.3 Å². The van der Waals surface area contributed by atoms with Gasteiger partial charge in [0.1, 0.15) is 23.0 Å². The third-order valence-electron chi connectivity index (χ3n) is 4.07. The highest BCUT2D eigenvalue weighted by molar-refractivity contribution is 6.32. The highest BCUT2D eigenvalue weighted by Gasteiger charge is 2.17. The monoisotopic (exact) mass is 423 g/mol. The zero-order valence-corrected chi connectivity index (χ0v) is 17.5. The first-order valence-corrected chi connectivity index (χ1v) is 8.83. The lowest BCUT2D eigenvalue weighted by atomic mass is 10.1. The molecule has 1 N–H and O–H groups in total. The van der Waals surface area contributed by atoms with Crippen LogP contribution in [0.2, 0.25) is 5.02 Å². The summed E-state index contributed by atoms with van der Waals surface area (Å²) in [6.45, 7) is 1.29. The van der Waals surface area contributed by atoms with Gasteiger partial charge in [0.25, 0.3) is 5.91 Å². The molecule has 0 saturated carbocycles. The van der Waals surface area contributed by atoms with E-state index in [1.54, 1.807) is 6.92 Å². The fraction of sp³-hybridized carbons (Fsp3) is 0.300. The minimum Gasteiger partial charge on any atom is -0.496 e. The van der Waals surface area contributed by atoms with Gasteiger partial charge >= 0.3 is 5.97 Å². The van der Waals surface area contributed by atoms with Crippen molar-refractivity contribution in [3.05, 3.63) is 40.4 Å². The number of methoxy groups -OCH3 is 4. The van der Waals surface area contributed by atoms with Crippen molar-refractivity contribution in [3.63, 3.8) is 0 Å². The molecule has 8 nitrogen and oxygen atoms in total. The molecule has 0 aliphatic rings. The van der Waals surface area contributed by atoms with Crippen LogP contribution in [0.5, 0.6) is 23.0 Å². The first-order valence-electron chi connectivity index (χ1n) is 8.45. The van der Waals surface area contributed by atoms with E-state index in [2.05, 4.69) is 5.32 Å². The number of rotatable bonds is 8. The van der Waals surface area contributed by atoms with E-state index in [1.165, 1.54) is 52.7 Å². The van der Waals surface area contributed by atoms with Gasteiger partial charge in [-0.15, -0.1) is 0 Å². The van der Waals surface area contributed by atoms with Gasteiger partial charge in [0, 0.05) is 17.7 Å². The van der Waals surface area contributed by atoms with Crippen molar-refractivity contribution in [3.8, 4) is 23.0 Å². The third kappa shape index (κ3) is 5.23. The molecule has 2 aromatic rings. The van der Waals surface area contributed by atoms with Crippen LogP contribution in [-0.2, 0) is 9.53 Å². The Morgan fingerprint density at radius 2 is 1.41 bits per heavy atom. The summed E-state index contributed by atoms with van der Waals surface area (Å²) in [5.74, 6) is 0.379. The number of anilines is 1. The fourth-order valence-corrected chi connectivity index (χ4v) is 2.79. The summed E-state index contributed by atoms with van der Waals surface area (Å²) >= 11 is 6.04. The summed E-state index contributed by atoms with van der Waals surface area (Å²) in [4.78, 5) is 24.6. The number of esters is 1. The number of carbonyl (C=O) groups excluding carboxylic acids is 2. The zero-order chi connectivity index (χ0) is 21.6. The molecule has 0 unspecified atom stereocenters. The zero-order valence-electron chi connectivity index (χ0n) is 16.8. The third-order valence-corrected chi connectivity index (χ3v) is 4.37. The van der Waals surface area contributed by atoms with Gasteiger partial charge in [-0.25, -0.2) is 4.79 Å². The minimum atomic E-state index is -0.697. The Labute approximate surface area is 173 Å². The van der Waals surface area contributed by atoms with E-state index in [0.717, 1.165) is 5.56 Å². The van der Waals surface area contributed by atoms with E-state index in [0.29, 0.717) is 33.7 Å². The van der Waals surface area contributed by atoms with Crippen LogP contribution < -0.4 is 24.3 Å². The lowest BCUT2D eigenvalue weighted by molar-refractivity contribution is -0.119. The molecule has 1 amide bonds. The van der Waals surface area contributed by atoms with E-state index >= 15 is 0 Å². The van der Waals surface area contributed by atoms with Crippen LogP contribution in [0, 0.1) is 6.92 Å². The number of carbonyl (C=O) groups is 2. The number of halogens is 1. The number of amides is 1. The van der Waals surface area contributed by atoms with Gasteiger partial charge in [-0.05, 0) is 19.1 Å². The molecule has 0 fully saturated rings. The summed E-state index contributed by atoms with van der Waals surface area (Å²) in [5, 5.41) is 2.92. The van der Waals surface area contributed by atoms with E-state index < -0.39 is 18.5 Å². The largest absolute Gasteiger partial charge is 0.496 e. The van der Waals surface area contributed by atoms with Crippen molar-refractivity contribution in [2.24, 2.45) is 0 Å². The lowest BCUT2D eigenvalue weighted by Gasteiger charge is -2.14. The summed E-state index contributed by atoms with van der Waals surface area (Å²) in [6.07, 6.45) is 0. The molecule has 0 radical (unpaired) electrons. The maximum absolute atomic E-state index is 12.3. The summed E-state index contributed by atoms with van der Waals surface area (Å²) in [5.41, 5.74) is 1.27. The molecule has 2 aromatic carbocycles. The molecule has 0 heterocycles. The maximum Gasteiger partial charge on any atom is 0.338 e. The normalized spacial score (nSPS) is 10.1. The van der Waals surface area contributed by atoms with Gasteiger partial charge in [0.05, 0.1) is 44.7 Å². The molecule has 0 aromatic heterocycles. The summed E-state index contributed by atoms with van der Waals surface area (Å²) < 4.78 is 25.9. The Morgan fingerprint density at radius 1 is 0.862 bits per heavy atom. The van der Waals surface area contributed by atoms with Crippen LogP contribution in [-0.4, -0.2) is 46.9 Å². The number of nitrogens with one attached hydrogen (secondary N) is 1. The quantitative estimate of drug-likeness (QED) is 0.650. The lowest BCUT2D eigenvalue weighted by Crippen LogP contribution is -2.21. The van der Waals surface area contributed by atoms with Crippen molar-refractivity contribution >= 4 is 29.2 Å². The van der Waals surface area contributed by atoms with E-state index in [9.17, 15) is 9.59 Å². The van der Waals surface area contributed by atoms with Crippen molar-refractivity contribution in [2.75, 3.05) is 40.4 Å². The Bertz CT molecular complexity index is 889. The summed E-state index contributed by atoms with van der Waals surface area (Å²) in [7, 11) is 5.85. The van der Waals surface area contributed by atoms with Gasteiger partial charge < -0.3 is 29.0 Å². The van der Waals surface area contributed by atoms with Crippen LogP contribution in [0.15, 0.2) is 24.3 Å². The molecule has 0 aliphatic carbocycles. The van der Waals surface area contributed by atoms with Gasteiger partial charge in [-0.1, -0.05) is 11.6 Å². The van der Waals surface area contributed by atoms with Crippen LogP contribution in [0.3, 0.4) is 0 Å². The second-order valence-corrected chi connectivity index (χ2v) is 6.22. The van der Waals surface area contributed by atoms with Crippen LogP contribution in [0.1, 0.15) is 15.9 Å². The molecule has 156 valence electrons. The van der Waals surface area contributed by atoms with Crippen LogP contribution in [0.4, 0.5) is 5.69 Å². The second kappa shape index (κ2) is 9.88. The van der Waals surface area contributed by atoms with Crippen LogP contribution >= 0.6 is 11.6 Å². The van der Waals surface area contributed by atoms with Crippen molar-refractivity contribution in [2.45, 2.75) is 6.92 Å². The van der Waals surface area contributed by atoms with Crippen molar-refractivity contribution in [1.82, 2.24) is 0 Å². The molecular weight excluding hydrogens is 402 g/mol. The molecule has 0 aliphatic heterocycles. The highest BCUT2D eigenvalue weighted by Crippen LogP contribution is 2.36. The summed E-state index contributed by atoms with van der Waals surface area (Å²) in [6, 6.07) is 6.06. The Balaban J connectivity index is 2.09. The fourth-order valence-electron chi connectivity index (χ4n) is 2.56. The SMILES string of the molecule is COc1cc(NC(=O)COC(=O)c2cc(OC)c(C)c(OC)c2)c(OC)cc1Cl. The maximum atomic E-state index is 12.3. The average molecular weight is 424 g/mol. The molecule has 2 rings (SSSR count). The van der Waals surface area contributed by atoms with Gasteiger partial charge in [0.15, 0.2) is 6.61 Å². The molecule has 29 heavy (non-hydrogen) atoms. The molecule has 0 spiro atoms. The number of benzene rings is 2. The number of hydrogen-bond acceptors (Lipinski definition) is 7. The molecule has 9 heteroatoms. The first kappa shape index (κ1) is 22.2. The molecule has 0 bridgehead atoms. The van der Waals surface area contributed by atoms with Gasteiger partial charge in [-0.3, -0.25) is 4.79 Å². The second-order valence-electron chi connectivity index (χ2n) is 5.82. The van der Waals surface area contributed by atoms with Crippen molar-refractivity contribution in [1.29, 1.82) is 0 Å². The standard InChI is InChI=1S/C20H22ClNO7/c1-11-15(25-2)6-12(7-16(11)26-3)20(24)29-10-19(23)22-14-9-17(27-4)13(21)8-18(14)28-5/h6-9H,10H2,1-5H3,(H,22,23). The van der Waals surface area contributed by atoms with Gasteiger partial charge in [-0.2, -0.15) is 0 Å². The van der Waals surface area contributed by atoms with Gasteiger partial charge in [0.2, 0.25) is 0 Å². The van der Waals surface area contributed by atoms with E-state index in [-0.39, 0.29) is 5.56 Å². The van der Waals surface area contributed by atoms with E-state index in [4.69, 9.17) is 35.3 Å². The predicted octanol–water partition coefficient (Wildman–Crippen LogP) is 3.48. The Kier molecular flexibility index (Phi) is 7.55. The average Bonchev–Trinajstić information content (AvgIpc) is 2.72. The predicted molar refractivity (Wildman–Crippen MR) is 108 cm³/mol. The topological polar surface area (TPSA) is 92.3 Å². The molecule has 0 saturated heterocycles. The highest BCUT2D eigenvalue weighted by atomic mass is 35.5. The number of hydrogen-bond donors (Lipinski definition) is 1. The first-order chi connectivity index (χ1) is 13.8. The Morgan fingerprint density at radius 3 is 1.93 bits per heavy atom. The number of ether oxygens (including phenoxy) is 5. The minimum absolute atomic E-state index is 0.197. The van der Waals surface area contributed by atoms with Crippen LogP contribution in [0.25, 0.3) is 0 Å². The molecule has 0 atom stereocenters. The molecular formula is C20H22ClNO7. The Hall–Kier alpha value is -3.13.